The lowest BCUT2D eigenvalue weighted by atomic mass is 10.1. The van der Waals surface area contributed by atoms with Crippen LogP contribution in [-0.2, 0) is 16.9 Å². The normalized spacial score (nSPS) is 16.5. The largest absolute Gasteiger partial charge is 0.338 e. The molecule has 3 rings (SSSR count). The third-order valence-corrected chi connectivity index (χ3v) is 7.48. The van der Waals surface area contributed by atoms with Crippen molar-refractivity contribution in [3.63, 3.8) is 0 Å². The van der Waals surface area contributed by atoms with Crippen LogP contribution in [0.3, 0.4) is 0 Å². The minimum Gasteiger partial charge on any atom is -0.338 e. The van der Waals surface area contributed by atoms with E-state index in [1.807, 2.05) is 13.8 Å². The van der Waals surface area contributed by atoms with Crippen molar-refractivity contribution in [2.75, 3.05) is 13.1 Å². The minimum atomic E-state index is -3.53. The van der Waals surface area contributed by atoms with Gasteiger partial charge in [-0.05, 0) is 26.7 Å². The van der Waals surface area contributed by atoms with Gasteiger partial charge in [0.25, 0.3) is 5.91 Å². The van der Waals surface area contributed by atoms with Crippen LogP contribution >= 0.6 is 11.3 Å². The average molecular weight is 369 g/mol. The van der Waals surface area contributed by atoms with Gasteiger partial charge < -0.3 is 9.47 Å². The van der Waals surface area contributed by atoms with Crippen molar-refractivity contribution >= 4 is 27.1 Å². The van der Waals surface area contributed by atoms with E-state index in [0.717, 1.165) is 10.7 Å². The highest BCUT2D eigenvalue weighted by Gasteiger charge is 2.36. The molecule has 1 aliphatic heterocycles. The SMILES string of the molecule is Cc1nc(C)c(C(=O)N2CCC(S(=O)(=O)c3nncn3C)CC2)s1. The van der Waals surface area contributed by atoms with Crippen molar-refractivity contribution in [2.24, 2.45) is 7.05 Å². The zero-order valence-corrected chi connectivity index (χ0v) is 15.4. The Morgan fingerprint density at radius 3 is 2.46 bits per heavy atom. The molecule has 10 heteroatoms. The van der Waals surface area contributed by atoms with Crippen LogP contribution in [0.25, 0.3) is 0 Å². The average Bonchev–Trinajstić information content (AvgIpc) is 3.12. The molecule has 0 N–H and O–H groups in total. The molecule has 1 amide bonds. The number of carbonyl (C=O) groups excluding carboxylic acids is 1. The lowest BCUT2D eigenvalue weighted by molar-refractivity contribution is 0.0729. The molecule has 0 radical (unpaired) electrons. The predicted molar refractivity (Wildman–Crippen MR) is 88.7 cm³/mol. The van der Waals surface area contributed by atoms with Crippen LogP contribution in [0.15, 0.2) is 11.5 Å². The van der Waals surface area contributed by atoms with Gasteiger partial charge in [-0.25, -0.2) is 13.4 Å². The topological polar surface area (TPSA) is 98.1 Å². The Hall–Kier alpha value is -1.81. The summed E-state index contributed by atoms with van der Waals surface area (Å²) in [5.74, 6) is -0.0624. The van der Waals surface area contributed by atoms with Crippen LogP contribution in [-0.4, -0.2) is 57.3 Å². The Bertz CT molecular complexity index is 863. The van der Waals surface area contributed by atoms with Crippen molar-refractivity contribution in [2.45, 2.75) is 37.1 Å². The zero-order chi connectivity index (χ0) is 17.5. The summed E-state index contributed by atoms with van der Waals surface area (Å²) in [5, 5.41) is 7.67. The highest BCUT2D eigenvalue weighted by molar-refractivity contribution is 7.91. The van der Waals surface area contributed by atoms with E-state index in [1.54, 1.807) is 11.9 Å². The van der Waals surface area contributed by atoms with Crippen molar-refractivity contribution in [1.29, 1.82) is 0 Å². The van der Waals surface area contributed by atoms with Gasteiger partial charge in [-0.2, -0.15) is 0 Å². The molecule has 3 heterocycles. The number of rotatable bonds is 3. The fraction of sp³-hybridized carbons (Fsp3) is 0.571. The van der Waals surface area contributed by atoms with Crippen LogP contribution in [0.2, 0.25) is 0 Å². The summed E-state index contributed by atoms with van der Waals surface area (Å²) in [6, 6.07) is 0. The van der Waals surface area contributed by atoms with Gasteiger partial charge in [-0.3, -0.25) is 4.79 Å². The molecule has 2 aromatic heterocycles. The Morgan fingerprint density at radius 1 is 1.29 bits per heavy atom. The van der Waals surface area contributed by atoms with E-state index in [4.69, 9.17) is 0 Å². The smallest absolute Gasteiger partial charge is 0.265 e. The van der Waals surface area contributed by atoms with Crippen LogP contribution in [0.1, 0.15) is 33.2 Å². The van der Waals surface area contributed by atoms with E-state index >= 15 is 0 Å². The second-order valence-corrected chi connectivity index (χ2v) is 9.23. The van der Waals surface area contributed by atoms with Crippen LogP contribution in [0, 0.1) is 13.8 Å². The van der Waals surface area contributed by atoms with Gasteiger partial charge in [-0.15, -0.1) is 21.5 Å². The summed E-state index contributed by atoms with van der Waals surface area (Å²) >= 11 is 1.38. The molecule has 0 saturated carbocycles. The second-order valence-electron chi connectivity index (χ2n) is 5.91. The number of carbonyl (C=O) groups is 1. The summed E-state index contributed by atoms with van der Waals surface area (Å²) in [4.78, 5) is 19.2. The van der Waals surface area contributed by atoms with E-state index in [9.17, 15) is 13.2 Å². The van der Waals surface area contributed by atoms with E-state index < -0.39 is 15.1 Å². The van der Waals surface area contributed by atoms with Crippen molar-refractivity contribution in [3.05, 3.63) is 21.9 Å². The highest BCUT2D eigenvalue weighted by Crippen LogP contribution is 2.26. The van der Waals surface area contributed by atoms with Gasteiger partial charge in [0.05, 0.1) is 16.0 Å². The predicted octanol–water partition coefficient (Wildman–Crippen LogP) is 0.967. The molecule has 1 fully saturated rings. The second kappa shape index (κ2) is 6.25. The molecule has 1 saturated heterocycles. The molecule has 0 spiro atoms. The first-order chi connectivity index (χ1) is 11.3. The Morgan fingerprint density at radius 2 is 1.96 bits per heavy atom. The van der Waals surface area contributed by atoms with Gasteiger partial charge in [0, 0.05) is 20.1 Å². The molecular weight excluding hydrogens is 350 g/mol. The number of sulfone groups is 1. The molecule has 0 unspecified atom stereocenters. The van der Waals surface area contributed by atoms with Crippen molar-refractivity contribution < 1.29 is 13.2 Å². The summed E-state index contributed by atoms with van der Waals surface area (Å²) in [7, 11) is -1.91. The summed E-state index contributed by atoms with van der Waals surface area (Å²) in [5.41, 5.74) is 0.733. The van der Waals surface area contributed by atoms with Crippen LogP contribution in [0.4, 0.5) is 0 Å². The van der Waals surface area contributed by atoms with E-state index in [-0.39, 0.29) is 11.1 Å². The summed E-state index contributed by atoms with van der Waals surface area (Å²) in [6.07, 6.45) is 2.18. The fourth-order valence-corrected chi connectivity index (χ4v) is 5.55. The fourth-order valence-electron chi connectivity index (χ4n) is 2.92. The Kier molecular flexibility index (Phi) is 4.43. The molecule has 0 aromatic carbocycles. The maximum atomic E-state index is 12.6. The van der Waals surface area contributed by atoms with Gasteiger partial charge in [0.15, 0.2) is 0 Å². The quantitative estimate of drug-likeness (QED) is 0.799. The van der Waals surface area contributed by atoms with E-state index in [2.05, 4.69) is 15.2 Å². The number of hydrogen-bond acceptors (Lipinski definition) is 7. The molecule has 2 aromatic rings. The molecule has 0 bridgehead atoms. The van der Waals surface area contributed by atoms with Crippen LogP contribution < -0.4 is 0 Å². The van der Waals surface area contributed by atoms with Gasteiger partial charge in [0.2, 0.25) is 15.0 Å². The van der Waals surface area contributed by atoms with Crippen LogP contribution in [0.5, 0.6) is 0 Å². The number of aromatic nitrogens is 4. The molecule has 130 valence electrons. The highest BCUT2D eigenvalue weighted by atomic mass is 32.2. The first-order valence-electron chi connectivity index (χ1n) is 7.62. The zero-order valence-electron chi connectivity index (χ0n) is 13.8. The molecule has 24 heavy (non-hydrogen) atoms. The molecule has 8 nitrogen and oxygen atoms in total. The third-order valence-electron chi connectivity index (χ3n) is 4.19. The number of piperidine rings is 1. The number of likely N-dealkylation sites (tertiary alicyclic amines) is 1. The lowest BCUT2D eigenvalue weighted by Crippen LogP contribution is -2.42. The summed E-state index contributed by atoms with van der Waals surface area (Å²) in [6.45, 7) is 4.52. The number of amides is 1. The van der Waals surface area contributed by atoms with E-state index in [1.165, 1.54) is 22.2 Å². The lowest BCUT2D eigenvalue weighted by Gasteiger charge is -2.31. The maximum absolute atomic E-state index is 12.6. The first-order valence-corrected chi connectivity index (χ1v) is 9.98. The first kappa shape index (κ1) is 17.0. The molecular formula is C14H19N5O3S2. The Labute approximate surface area is 144 Å². The van der Waals surface area contributed by atoms with Crippen molar-refractivity contribution in [1.82, 2.24) is 24.6 Å². The minimum absolute atomic E-state index is 0.0128. The molecule has 1 aliphatic rings. The number of aryl methyl sites for hydroxylation is 3. The monoisotopic (exact) mass is 369 g/mol. The molecule has 0 atom stereocenters. The molecule has 0 aliphatic carbocycles. The maximum Gasteiger partial charge on any atom is 0.265 e. The van der Waals surface area contributed by atoms with E-state index in [0.29, 0.717) is 30.8 Å². The van der Waals surface area contributed by atoms with Gasteiger partial charge in [0.1, 0.15) is 11.2 Å². The van der Waals surface area contributed by atoms with Gasteiger partial charge >= 0.3 is 0 Å². The standard InChI is InChI=1S/C14H19N5O3S2/c1-9-12(23-10(2)16-9)13(20)19-6-4-11(5-7-19)24(21,22)14-17-15-8-18(14)3/h8,11H,4-7H2,1-3H3. The van der Waals surface area contributed by atoms with Crippen molar-refractivity contribution in [3.8, 4) is 0 Å². The Balaban J connectivity index is 1.71. The van der Waals surface area contributed by atoms with Gasteiger partial charge in [-0.1, -0.05) is 0 Å². The summed E-state index contributed by atoms with van der Waals surface area (Å²) < 4.78 is 26.7. The third kappa shape index (κ3) is 2.95. The number of nitrogens with zero attached hydrogens (tertiary/aromatic N) is 5. The number of thiazole rings is 1. The number of hydrogen-bond donors (Lipinski definition) is 0.